The van der Waals surface area contributed by atoms with Gasteiger partial charge in [0, 0.05) is 0 Å². The minimum absolute atomic E-state index is 0.0921. The Hall–Kier alpha value is -0.0700. The SMILES string of the molecule is CC.CC(C)CC1(CF)CCC1. The molecular weight excluding hydrogens is 151 g/mol. The Balaban J connectivity index is 0.000000561. The van der Waals surface area contributed by atoms with E-state index in [0.717, 1.165) is 19.3 Å². The quantitative estimate of drug-likeness (QED) is 0.601. The van der Waals surface area contributed by atoms with E-state index in [1.807, 2.05) is 13.8 Å². The first-order valence-corrected chi connectivity index (χ1v) is 5.24. The molecule has 0 aliphatic heterocycles. The van der Waals surface area contributed by atoms with Gasteiger partial charge in [0.15, 0.2) is 0 Å². The second-order valence-electron chi connectivity index (χ2n) is 4.09. The zero-order chi connectivity index (χ0) is 9.61. The van der Waals surface area contributed by atoms with Crippen molar-refractivity contribution in [2.45, 2.75) is 53.4 Å². The lowest BCUT2D eigenvalue weighted by Crippen LogP contribution is -2.32. The lowest BCUT2D eigenvalue weighted by atomic mass is 9.65. The molecular formula is C11H23F. The second-order valence-corrected chi connectivity index (χ2v) is 4.09. The largest absolute Gasteiger partial charge is 0.250 e. The highest BCUT2D eigenvalue weighted by molar-refractivity contribution is 4.87. The molecule has 0 radical (unpaired) electrons. The number of rotatable bonds is 3. The smallest absolute Gasteiger partial charge is 0.0950 e. The molecule has 0 aromatic heterocycles. The van der Waals surface area contributed by atoms with E-state index >= 15 is 0 Å². The lowest BCUT2D eigenvalue weighted by molar-refractivity contribution is 0.0648. The molecule has 1 aliphatic carbocycles. The molecule has 0 nitrogen and oxygen atoms in total. The fourth-order valence-electron chi connectivity index (χ4n) is 1.94. The monoisotopic (exact) mass is 174 g/mol. The maximum absolute atomic E-state index is 12.5. The number of alkyl halides is 1. The third-order valence-electron chi connectivity index (χ3n) is 2.54. The first-order chi connectivity index (χ1) is 5.68. The zero-order valence-electron chi connectivity index (χ0n) is 8.99. The van der Waals surface area contributed by atoms with E-state index in [1.165, 1.54) is 6.42 Å². The van der Waals surface area contributed by atoms with Gasteiger partial charge in [-0.05, 0) is 30.6 Å². The maximum Gasteiger partial charge on any atom is 0.0950 e. The van der Waals surface area contributed by atoms with Crippen molar-refractivity contribution in [3.05, 3.63) is 0 Å². The Kier molecular flexibility index (Phi) is 5.52. The molecule has 74 valence electrons. The molecule has 1 heteroatoms. The highest BCUT2D eigenvalue weighted by Gasteiger charge is 2.37. The van der Waals surface area contributed by atoms with Crippen LogP contribution in [0.5, 0.6) is 0 Å². The van der Waals surface area contributed by atoms with Crippen LogP contribution in [-0.2, 0) is 0 Å². The van der Waals surface area contributed by atoms with E-state index in [0.29, 0.717) is 5.92 Å². The van der Waals surface area contributed by atoms with Crippen LogP contribution in [0, 0.1) is 11.3 Å². The van der Waals surface area contributed by atoms with Gasteiger partial charge in [0.1, 0.15) is 0 Å². The van der Waals surface area contributed by atoms with E-state index in [-0.39, 0.29) is 12.1 Å². The summed E-state index contributed by atoms with van der Waals surface area (Å²) >= 11 is 0. The van der Waals surface area contributed by atoms with Crippen molar-refractivity contribution in [1.29, 1.82) is 0 Å². The van der Waals surface area contributed by atoms with Gasteiger partial charge in [-0.3, -0.25) is 4.39 Å². The molecule has 12 heavy (non-hydrogen) atoms. The maximum atomic E-state index is 12.5. The van der Waals surface area contributed by atoms with E-state index < -0.39 is 0 Å². The third kappa shape index (κ3) is 3.12. The van der Waals surface area contributed by atoms with E-state index in [1.54, 1.807) is 0 Å². The summed E-state index contributed by atoms with van der Waals surface area (Å²) in [6.07, 6.45) is 4.59. The Morgan fingerprint density at radius 1 is 1.25 bits per heavy atom. The van der Waals surface area contributed by atoms with Crippen LogP contribution in [-0.4, -0.2) is 6.67 Å². The molecule has 1 fully saturated rings. The van der Waals surface area contributed by atoms with Gasteiger partial charge in [-0.1, -0.05) is 34.1 Å². The van der Waals surface area contributed by atoms with Crippen molar-refractivity contribution in [2.24, 2.45) is 11.3 Å². The average molecular weight is 174 g/mol. The molecule has 0 N–H and O–H groups in total. The topological polar surface area (TPSA) is 0 Å². The van der Waals surface area contributed by atoms with Crippen molar-refractivity contribution in [1.82, 2.24) is 0 Å². The van der Waals surface area contributed by atoms with Gasteiger partial charge in [-0.25, -0.2) is 0 Å². The number of halogens is 1. The first kappa shape index (κ1) is 11.9. The van der Waals surface area contributed by atoms with Crippen LogP contribution in [0.2, 0.25) is 0 Å². The molecule has 1 rings (SSSR count). The van der Waals surface area contributed by atoms with Crippen LogP contribution in [0.1, 0.15) is 53.4 Å². The molecule has 0 spiro atoms. The van der Waals surface area contributed by atoms with Crippen molar-refractivity contribution < 1.29 is 4.39 Å². The van der Waals surface area contributed by atoms with Crippen LogP contribution in [0.4, 0.5) is 4.39 Å². The highest BCUT2D eigenvalue weighted by atomic mass is 19.1. The molecule has 0 aromatic rings. The standard InChI is InChI=1S/C9H17F.C2H6/c1-8(2)6-9(7-10)4-3-5-9;1-2/h8H,3-7H2,1-2H3;1-2H3. The molecule has 0 amide bonds. The summed E-state index contributed by atoms with van der Waals surface area (Å²) in [6, 6.07) is 0. The van der Waals surface area contributed by atoms with E-state index in [2.05, 4.69) is 13.8 Å². The van der Waals surface area contributed by atoms with Crippen molar-refractivity contribution in [3.8, 4) is 0 Å². The van der Waals surface area contributed by atoms with Gasteiger partial charge in [-0.15, -0.1) is 0 Å². The van der Waals surface area contributed by atoms with Gasteiger partial charge in [-0.2, -0.15) is 0 Å². The number of hydrogen-bond donors (Lipinski definition) is 0. The van der Waals surface area contributed by atoms with Crippen molar-refractivity contribution in [2.75, 3.05) is 6.67 Å². The molecule has 0 aromatic carbocycles. The highest BCUT2D eigenvalue weighted by Crippen LogP contribution is 2.45. The Labute approximate surface area is 76.6 Å². The van der Waals surface area contributed by atoms with Gasteiger partial charge >= 0.3 is 0 Å². The van der Waals surface area contributed by atoms with Gasteiger partial charge in [0.25, 0.3) is 0 Å². The molecule has 0 bridgehead atoms. The summed E-state index contributed by atoms with van der Waals surface area (Å²) in [5, 5.41) is 0. The average Bonchev–Trinajstić information content (AvgIpc) is 2.01. The number of hydrogen-bond acceptors (Lipinski definition) is 0. The summed E-state index contributed by atoms with van der Waals surface area (Å²) in [7, 11) is 0. The summed E-state index contributed by atoms with van der Waals surface area (Å²) in [5.74, 6) is 0.663. The Morgan fingerprint density at radius 2 is 1.75 bits per heavy atom. The third-order valence-corrected chi connectivity index (χ3v) is 2.54. The predicted molar refractivity (Wildman–Crippen MR) is 53.1 cm³/mol. The van der Waals surface area contributed by atoms with Crippen LogP contribution in [0.25, 0.3) is 0 Å². The fourth-order valence-corrected chi connectivity index (χ4v) is 1.94. The first-order valence-electron chi connectivity index (χ1n) is 5.24. The molecule has 0 saturated heterocycles. The summed E-state index contributed by atoms with van der Waals surface area (Å²) in [5.41, 5.74) is 0.119. The minimum Gasteiger partial charge on any atom is -0.250 e. The predicted octanol–water partition coefficient (Wildman–Crippen LogP) is 4.20. The van der Waals surface area contributed by atoms with Gasteiger partial charge in [0.2, 0.25) is 0 Å². The van der Waals surface area contributed by atoms with Crippen molar-refractivity contribution in [3.63, 3.8) is 0 Å². The molecule has 1 saturated carbocycles. The van der Waals surface area contributed by atoms with Crippen LogP contribution < -0.4 is 0 Å². The summed E-state index contributed by atoms with van der Waals surface area (Å²) in [6.45, 7) is 8.26. The van der Waals surface area contributed by atoms with Gasteiger partial charge < -0.3 is 0 Å². The molecule has 1 aliphatic rings. The summed E-state index contributed by atoms with van der Waals surface area (Å²) in [4.78, 5) is 0. The molecule has 0 heterocycles. The van der Waals surface area contributed by atoms with Crippen LogP contribution in [0.15, 0.2) is 0 Å². The van der Waals surface area contributed by atoms with E-state index in [9.17, 15) is 4.39 Å². The normalized spacial score (nSPS) is 19.5. The van der Waals surface area contributed by atoms with Gasteiger partial charge in [0.05, 0.1) is 6.67 Å². The Bertz CT molecular complexity index is 98.1. The Morgan fingerprint density at radius 3 is 1.83 bits per heavy atom. The van der Waals surface area contributed by atoms with E-state index in [4.69, 9.17) is 0 Å². The second kappa shape index (κ2) is 5.55. The summed E-state index contributed by atoms with van der Waals surface area (Å²) < 4.78 is 12.5. The van der Waals surface area contributed by atoms with Crippen molar-refractivity contribution >= 4 is 0 Å². The zero-order valence-corrected chi connectivity index (χ0v) is 8.99. The fraction of sp³-hybridized carbons (Fsp3) is 1.00. The lowest BCUT2D eigenvalue weighted by Gasteiger charge is -2.40. The minimum atomic E-state index is -0.0921. The van der Waals surface area contributed by atoms with Crippen LogP contribution >= 0.6 is 0 Å². The molecule has 0 atom stereocenters. The van der Waals surface area contributed by atoms with Crippen LogP contribution in [0.3, 0.4) is 0 Å². The molecule has 0 unspecified atom stereocenters.